The maximum Gasteiger partial charge on any atom is 0.160 e. The number of fused-ring (bicyclic) bond motifs is 2. The van der Waals surface area contributed by atoms with Gasteiger partial charge in [-0.05, 0) is 63.9 Å². The van der Waals surface area contributed by atoms with E-state index in [2.05, 4.69) is 111 Å². The molecular weight excluding hydrogens is 434 g/mol. The quantitative estimate of drug-likeness (QED) is 0.246. The molecule has 0 N–H and O–H groups in total. The van der Waals surface area contributed by atoms with Gasteiger partial charge in [-0.15, -0.1) is 11.3 Å². The van der Waals surface area contributed by atoms with Gasteiger partial charge in [-0.25, -0.2) is 0 Å². The van der Waals surface area contributed by atoms with Crippen molar-refractivity contribution in [3.63, 3.8) is 0 Å². The number of hydrogen-bond acceptors (Lipinski definition) is 3. The molecule has 0 aliphatic carbocycles. The van der Waals surface area contributed by atoms with E-state index in [1.807, 2.05) is 6.07 Å². The Bertz CT molecular complexity index is 1550. The van der Waals surface area contributed by atoms with Gasteiger partial charge in [0.05, 0.1) is 16.3 Å². The van der Waals surface area contributed by atoms with Crippen molar-refractivity contribution in [3.05, 3.63) is 101 Å². The molecule has 166 valence electrons. The average molecular weight is 460 g/mol. The Hall–Kier alpha value is -3.69. The Morgan fingerprint density at radius 1 is 0.706 bits per heavy atom. The van der Waals surface area contributed by atoms with Gasteiger partial charge in [-0.3, -0.25) is 4.79 Å². The van der Waals surface area contributed by atoms with Crippen molar-refractivity contribution in [3.8, 4) is 21.6 Å². The third-order valence-electron chi connectivity index (χ3n) is 6.69. The standard InChI is InChI=1S/C31H25NOS/c1-31(2,3)20-11-13-21(14-12-20)32-27-10-5-4-7-23(27)25-8-6-9-26-24(16-17-28(32)30(25)26)29-18-15-22(19-33)34-29/h4-19H,1-3H3. The van der Waals surface area contributed by atoms with E-state index < -0.39 is 0 Å². The van der Waals surface area contributed by atoms with Crippen molar-refractivity contribution in [2.75, 3.05) is 4.90 Å². The Morgan fingerprint density at radius 2 is 1.47 bits per heavy atom. The first-order valence-electron chi connectivity index (χ1n) is 11.6. The zero-order valence-electron chi connectivity index (χ0n) is 19.5. The minimum atomic E-state index is 0.112. The molecule has 0 saturated heterocycles. The first-order valence-corrected chi connectivity index (χ1v) is 12.4. The number of rotatable bonds is 3. The van der Waals surface area contributed by atoms with Crippen molar-refractivity contribution in [1.29, 1.82) is 0 Å². The number of thiophene rings is 1. The summed E-state index contributed by atoms with van der Waals surface area (Å²) in [4.78, 5) is 15.6. The van der Waals surface area contributed by atoms with Crippen LogP contribution in [-0.4, -0.2) is 6.29 Å². The molecule has 0 spiro atoms. The van der Waals surface area contributed by atoms with Gasteiger partial charge in [0.2, 0.25) is 0 Å². The number of hydrogen-bond donors (Lipinski definition) is 0. The van der Waals surface area contributed by atoms with Crippen LogP contribution in [0, 0.1) is 0 Å². The fourth-order valence-corrected chi connectivity index (χ4v) is 5.85. The molecule has 0 amide bonds. The molecule has 0 radical (unpaired) electrons. The summed E-state index contributed by atoms with van der Waals surface area (Å²) < 4.78 is 0. The van der Waals surface area contributed by atoms with Gasteiger partial charge in [0.1, 0.15) is 0 Å². The molecule has 0 unspecified atom stereocenters. The van der Waals surface area contributed by atoms with E-state index in [0.29, 0.717) is 0 Å². The van der Waals surface area contributed by atoms with E-state index in [4.69, 9.17) is 0 Å². The van der Waals surface area contributed by atoms with Crippen LogP contribution in [0.3, 0.4) is 0 Å². The van der Waals surface area contributed by atoms with Gasteiger partial charge < -0.3 is 4.90 Å². The van der Waals surface area contributed by atoms with Crippen LogP contribution in [0.2, 0.25) is 0 Å². The topological polar surface area (TPSA) is 20.3 Å². The van der Waals surface area contributed by atoms with E-state index in [-0.39, 0.29) is 5.41 Å². The molecule has 0 saturated carbocycles. The van der Waals surface area contributed by atoms with Crippen LogP contribution in [0.5, 0.6) is 0 Å². The lowest BCUT2D eigenvalue weighted by atomic mass is 9.86. The van der Waals surface area contributed by atoms with E-state index in [1.54, 1.807) is 11.3 Å². The van der Waals surface area contributed by atoms with Gasteiger partial charge in [-0.1, -0.05) is 75.4 Å². The van der Waals surface area contributed by atoms with Gasteiger partial charge in [0.15, 0.2) is 6.29 Å². The molecule has 5 aromatic rings. The molecule has 0 bridgehead atoms. The first kappa shape index (κ1) is 20.9. The van der Waals surface area contributed by atoms with Crippen LogP contribution >= 0.6 is 11.3 Å². The van der Waals surface area contributed by atoms with Gasteiger partial charge in [-0.2, -0.15) is 0 Å². The van der Waals surface area contributed by atoms with Crippen molar-refractivity contribution in [2.45, 2.75) is 26.2 Å². The lowest BCUT2D eigenvalue weighted by molar-refractivity contribution is 0.112. The minimum absolute atomic E-state index is 0.112. The zero-order chi connectivity index (χ0) is 23.4. The summed E-state index contributed by atoms with van der Waals surface area (Å²) in [6, 6.07) is 32.6. The largest absolute Gasteiger partial charge is 0.309 e. The lowest BCUT2D eigenvalue weighted by Gasteiger charge is -2.34. The molecule has 0 fully saturated rings. The van der Waals surface area contributed by atoms with E-state index in [1.165, 1.54) is 44.4 Å². The first-order chi connectivity index (χ1) is 16.5. The lowest BCUT2D eigenvalue weighted by Crippen LogP contribution is -2.16. The number of anilines is 3. The summed E-state index contributed by atoms with van der Waals surface area (Å²) in [5.41, 5.74) is 8.62. The molecule has 4 aromatic carbocycles. The highest BCUT2D eigenvalue weighted by Crippen LogP contribution is 2.52. The second kappa shape index (κ2) is 7.68. The van der Waals surface area contributed by atoms with Crippen LogP contribution in [0.4, 0.5) is 17.1 Å². The fraction of sp³-hybridized carbons (Fsp3) is 0.129. The summed E-state index contributed by atoms with van der Waals surface area (Å²) >= 11 is 1.54. The number of para-hydroxylation sites is 1. The molecule has 34 heavy (non-hydrogen) atoms. The van der Waals surface area contributed by atoms with Crippen LogP contribution in [-0.2, 0) is 5.41 Å². The SMILES string of the molecule is CC(C)(C)c1ccc(N2c3ccccc3-c3cccc4c(-c5ccc(C=O)s5)ccc2c34)cc1. The number of nitrogens with zero attached hydrogens (tertiary/aromatic N) is 1. The Kier molecular flexibility index (Phi) is 4.72. The number of carbonyl (C=O) groups excluding carboxylic acids is 1. The maximum absolute atomic E-state index is 11.3. The molecule has 6 rings (SSSR count). The average Bonchev–Trinajstić information content (AvgIpc) is 3.33. The minimum Gasteiger partial charge on any atom is -0.309 e. The number of carbonyl (C=O) groups is 1. The summed E-state index contributed by atoms with van der Waals surface area (Å²) in [5, 5.41) is 2.46. The second-order valence-electron chi connectivity index (χ2n) is 9.83. The highest BCUT2D eigenvalue weighted by atomic mass is 32.1. The second-order valence-corrected chi connectivity index (χ2v) is 10.9. The molecule has 1 aliphatic rings. The molecular formula is C31H25NOS. The zero-order valence-corrected chi connectivity index (χ0v) is 20.3. The molecule has 2 heterocycles. The Balaban J connectivity index is 1.62. The van der Waals surface area contributed by atoms with Crippen LogP contribution in [0.25, 0.3) is 32.3 Å². The van der Waals surface area contributed by atoms with E-state index in [9.17, 15) is 4.79 Å². The van der Waals surface area contributed by atoms with Crippen LogP contribution in [0.15, 0.2) is 91.0 Å². The van der Waals surface area contributed by atoms with Crippen molar-refractivity contribution in [1.82, 2.24) is 0 Å². The third kappa shape index (κ3) is 3.19. The monoisotopic (exact) mass is 459 g/mol. The summed E-state index contributed by atoms with van der Waals surface area (Å²) in [7, 11) is 0. The highest BCUT2D eigenvalue weighted by Gasteiger charge is 2.27. The number of aldehydes is 1. The van der Waals surface area contributed by atoms with Gasteiger partial charge in [0, 0.05) is 21.5 Å². The predicted octanol–water partition coefficient (Wildman–Crippen LogP) is 9.13. The Morgan fingerprint density at radius 3 is 2.21 bits per heavy atom. The van der Waals surface area contributed by atoms with Crippen molar-refractivity contribution < 1.29 is 4.79 Å². The highest BCUT2D eigenvalue weighted by molar-refractivity contribution is 7.17. The van der Waals surface area contributed by atoms with E-state index >= 15 is 0 Å². The van der Waals surface area contributed by atoms with Gasteiger partial charge in [0.25, 0.3) is 0 Å². The number of benzene rings is 4. The summed E-state index contributed by atoms with van der Waals surface area (Å²) in [6.07, 6.45) is 0.929. The van der Waals surface area contributed by atoms with Crippen LogP contribution < -0.4 is 4.90 Å². The molecule has 2 nitrogen and oxygen atoms in total. The fourth-order valence-electron chi connectivity index (χ4n) is 4.99. The summed E-state index contributed by atoms with van der Waals surface area (Å²) in [6.45, 7) is 6.74. The van der Waals surface area contributed by atoms with Crippen molar-refractivity contribution in [2.24, 2.45) is 0 Å². The molecule has 1 aromatic heterocycles. The summed E-state index contributed by atoms with van der Waals surface area (Å²) in [5.74, 6) is 0. The van der Waals surface area contributed by atoms with Gasteiger partial charge >= 0.3 is 0 Å². The Labute approximate surface area is 204 Å². The third-order valence-corrected chi connectivity index (χ3v) is 7.74. The molecule has 0 atom stereocenters. The van der Waals surface area contributed by atoms with Crippen LogP contribution in [0.1, 0.15) is 36.0 Å². The van der Waals surface area contributed by atoms with E-state index in [0.717, 1.165) is 21.7 Å². The predicted molar refractivity (Wildman–Crippen MR) is 145 cm³/mol. The molecule has 3 heteroatoms. The van der Waals surface area contributed by atoms with Crippen molar-refractivity contribution >= 4 is 45.5 Å². The maximum atomic E-state index is 11.3. The molecule has 1 aliphatic heterocycles. The smallest absolute Gasteiger partial charge is 0.160 e. The normalized spacial score (nSPS) is 12.6.